The number of thioether (sulfide) groups is 1. The molecule has 2 fully saturated rings. The predicted octanol–water partition coefficient (Wildman–Crippen LogP) is 5.61. The molecular weight excluding hydrogens is 983 g/mol. The van der Waals surface area contributed by atoms with Crippen LogP contribution in [-0.2, 0) is 82.6 Å². The Morgan fingerprint density at radius 2 is 1.29 bits per heavy atom. The molecule has 2 heterocycles. The molecule has 15 heteroatoms. The van der Waals surface area contributed by atoms with Crippen LogP contribution in [0.25, 0.3) is 6.08 Å². The van der Waals surface area contributed by atoms with Gasteiger partial charge in [-0.3, -0.25) is 19.2 Å². The van der Waals surface area contributed by atoms with Gasteiger partial charge in [0.2, 0.25) is 0 Å². The molecule has 1 radical (unpaired) electrons. The van der Waals surface area contributed by atoms with Crippen molar-refractivity contribution in [2.24, 2.45) is 0 Å². The molecule has 11 nitrogen and oxygen atoms in total. The summed E-state index contributed by atoms with van der Waals surface area (Å²) in [6.45, 7) is 7.93. The van der Waals surface area contributed by atoms with Crippen molar-refractivity contribution >= 4 is 72.9 Å². The van der Waals surface area contributed by atoms with E-state index in [0.717, 1.165) is 59.9 Å². The number of hydrogen-bond donors (Lipinski definition) is 0. The summed E-state index contributed by atoms with van der Waals surface area (Å²) >= 11 is 6.91. The number of hydrogen-bond acceptors (Lipinski definition) is 13. The monoisotopic (exact) mass is 1030 g/mol. The summed E-state index contributed by atoms with van der Waals surface area (Å²) < 4.78 is 31.4. The molecule has 0 bridgehead atoms. The maximum absolute atomic E-state index is 11.4. The first kappa shape index (κ1) is 47.3. The van der Waals surface area contributed by atoms with E-state index in [-0.39, 0.29) is 29.0 Å². The van der Waals surface area contributed by atoms with Crippen LogP contribution in [0.5, 0.6) is 0 Å². The molecule has 0 amide bonds. The fraction of sp³-hybridized carbons (Fsp3) is 0.395. The fourth-order valence-corrected chi connectivity index (χ4v) is 10.8. The molecule has 0 aromatic heterocycles. The number of allylic oxidation sites excluding steroid dienone is 2. The van der Waals surface area contributed by atoms with E-state index in [4.69, 9.17) is 41.0 Å². The zero-order valence-corrected chi connectivity index (χ0v) is 37.9. The van der Waals surface area contributed by atoms with E-state index < -0.39 is 61.7 Å². The number of nitrogens with zero attached hydrogens (tertiary/aromatic N) is 1. The van der Waals surface area contributed by atoms with Crippen molar-refractivity contribution < 1.29 is 70.0 Å². The summed E-state index contributed by atoms with van der Waals surface area (Å²) in [5.74, 6) is -2.62. The molecule has 0 N–H and O–H groups in total. The second-order valence-corrected chi connectivity index (χ2v) is 17.4. The first-order valence-electron chi connectivity index (χ1n) is 18.8. The smallest absolute Gasteiger partial charge is 0.303 e. The summed E-state index contributed by atoms with van der Waals surface area (Å²) in [5, 5.41) is 4.59. The van der Waals surface area contributed by atoms with Gasteiger partial charge in [0.25, 0.3) is 0 Å². The number of esters is 4. The maximum atomic E-state index is 11.4. The Hall–Kier alpha value is -3.39. The number of morpholine rings is 1. The van der Waals surface area contributed by atoms with E-state index >= 15 is 0 Å². The van der Waals surface area contributed by atoms with Gasteiger partial charge in [0.1, 0.15) is 34.7 Å². The zero-order chi connectivity index (χ0) is 40.9. The van der Waals surface area contributed by atoms with Gasteiger partial charge in [-0.1, -0.05) is 48.5 Å². The van der Waals surface area contributed by atoms with Gasteiger partial charge in [0.05, 0.1) is 26.8 Å². The standard InChI is InChI=1S/C29H30NOPS.C14H20O9S.Au/c1-33-27-15-12-23(13-16-27)22-24-14-17-28(29(24)30-18-20-31-21-19-30)32(25-8-4-2-5-9-25)26-10-6-3-7-11-26;1-6(15)19-5-10-11(20-7(2)16)12(21-8(3)17)13(14(24)23-10)22-9(4)18;/h2-13,15-16,22H,14,17-21H2,1H3;10-14,24H,5H2,1-4H3;/b24-22+;;. The molecule has 2 saturated heterocycles. The summed E-state index contributed by atoms with van der Waals surface area (Å²) in [6, 6.07) is 31.3. The Morgan fingerprint density at radius 1 is 0.759 bits per heavy atom. The van der Waals surface area contributed by atoms with Crippen molar-refractivity contribution in [3.63, 3.8) is 0 Å². The van der Waals surface area contributed by atoms with E-state index in [0.29, 0.717) is 0 Å². The quantitative estimate of drug-likeness (QED) is 0.0591. The second-order valence-electron chi connectivity index (χ2n) is 13.5. The maximum Gasteiger partial charge on any atom is 0.303 e. The van der Waals surface area contributed by atoms with Crippen LogP contribution in [0.1, 0.15) is 46.1 Å². The second kappa shape index (κ2) is 23.4. The van der Waals surface area contributed by atoms with Gasteiger partial charge in [-0.25, -0.2) is 0 Å². The Balaban J connectivity index is 0.000000267. The molecule has 6 rings (SSSR count). The number of benzene rings is 3. The largest absolute Gasteiger partial charge is 0.757 e. The van der Waals surface area contributed by atoms with Crippen LogP contribution >= 0.6 is 19.7 Å². The molecule has 5 unspecified atom stereocenters. The van der Waals surface area contributed by atoms with Crippen molar-refractivity contribution in [1.82, 2.24) is 4.90 Å². The molecule has 2 aliphatic heterocycles. The number of carbonyl (C=O) groups is 4. The Morgan fingerprint density at radius 3 is 1.81 bits per heavy atom. The number of ether oxygens (including phenoxy) is 6. The van der Waals surface area contributed by atoms with Crippen LogP contribution in [0.3, 0.4) is 0 Å². The summed E-state index contributed by atoms with van der Waals surface area (Å²) in [6.07, 6.45) is 2.33. The van der Waals surface area contributed by atoms with Gasteiger partial charge in [-0.15, -0.1) is 11.8 Å². The van der Waals surface area contributed by atoms with Crippen molar-refractivity contribution in [2.45, 2.75) is 75.3 Å². The fourth-order valence-electron chi connectivity index (χ4n) is 7.07. The third-order valence-corrected chi connectivity index (χ3v) is 13.4. The third kappa shape index (κ3) is 13.3. The SMILES string of the molecule is CC(=O)OCC1OC([S-])C(OC(C)=O)C(OC(C)=O)C1OC(C)=O.CSc1ccc(/C=C2\CCC([PH+](c3ccccc3)c3ccccc3)=C2N2CCOCC2)cc1.[Au]. The molecule has 5 atom stereocenters. The summed E-state index contributed by atoms with van der Waals surface area (Å²) in [7, 11) is -1.06. The van der Waals surface area contributed by atoms with Gasteiger partial charge in [0.15, 0.2) is 12.2 Å². The van der Waals surface area contributed by atoms with Crippen molar-refractivity contribution in [2.75, 3.05) is 39.2 Å². The van der Waals surface area contributed by atoms with Crippen LogP contribution in [0.15, 0.2) is 106 Å². The predicted molar refractivity (Wildman–Crippen MR) is 225 cm³/mol. The normalized spacial score (nSPS) is 22.3. The van der Waals surface area contributed by atoms with E-state index in [1.165, 1.54) is 39.3 Å². The van der Waals surface area contributed by atoms with Crippen LogP contribution < -0.4 is 10.6 Å². The average molecular weight is 1030 g/mol. The molecule has 1 aliphatic carbocycles. The molecule has 0 saturated carbocycles. The first-order chi connectivity index (χ1) is 27.4. The van der Waals surface area contributed by atoms with Gasteiger partial charge in [-0.2, -0.15) is 0 Å². The summed E-state index contributed by atoms with van der Waals surface area (Å²) in [4.78, 5) is 49.0. The zero-order valence-electron chi connectivity index (χ0n) is 33.1. The van der Waals surface area contributed by atoms with E-state index in [9.17, 15) is 19.2 Å². The molecule has 3 aromatic carbocycles. The Labute approximate surface area is 367 Å². The Kier molecular flexibility index (Phi) is 19.1. The van der Waals surface area contributed by atoms with Gasteiger partial charge in [-0.05, 0) is 71.7 Å². The van der Waals surface area contributed by atoms with Crippen molar-refractivity contribution in [3.8, 4) is 0 Å². The minimum absolute atomic E-state index is 0. The van der Waals surface area contributed by atoms with E-state index in [1.807, 2.05) is 0 Å². The van der Waals surface area contributed by atoms with Crippen LogP contribution in [-0.4, -0.2) is 97.8 Å². The average Bonchev–Trinajstić information content (AvgIpc) is 3.60. The molecular formula is C43H50AuNO10PS2. The minimum atomic E-state index is -1.19. The Bertz CT molecular complexity index is 1850. The first-order valence-corrected chi connectivity index (χ1v) is 22.0. The van der Waals surface area contributed by atoms with Crippen LogP contribution in [0.4, 0.5) is 0 Å². The van der Waals surface area contributed by atoms with Gasteiger partial charge >= 0.3 is 23.9 Å². The van der Waals surface area contributed by atoms with Crippen LogP contribution in [0.2, 0.25) is 0 Å². The van der Waals surface area contributed by atoms with Gasteiger partial charge in [0, 0.05) is 74.5 Å². The molecule has 58 heavy (non-hydrogen) atoms. The van der Waals surface area contributed by atoms with Crippen molar-refractivity contribution in [3.05, 3.63) is 107 Å². The third-order valence-electron chi connectivity index (χ3n) is 9.39. The summed E-state index contributed by atoms with van der Waals surface area (Å²) in [5.41, 5.74) is 3.18. The van der Waals surface area contributed by atoms with Crippen LogP contribution in [0, 0.1) is 0 Å². The molecule has 3 aromatic rings. The molecule has 315 valence electrons. The van der Waals surface area contributed by atoms with Gasteiger partial charge < -0.3 is 45.9 Å². The van der Waals surface area contributed by atoms with Crippen molar-refractivity contribution in [1.29, 1.82) is 0 Å². The van der Waals surface area contributed by atoms with E-state index in [1.54, 1.807) is 17.1 Å². The van der Waals surface area contributed by atoms with E-state index in [2.05, 4.69) is 102 Å². The number of carbonyl (C=O) groups excluding carboxylic acids is 4. The molecule has 0 spiro atoms. The topological polar surface area (TPSA) is 127 Å². The minimum Gasteiger partial charge on any atom is -0.757 e. The number of rotatable bonds is 11. The molecule has 3 aliphatic rings.